The van der Waals surface area contributed by atoms with E-state index in [1.807, 2.05) is 0 Å². The lowest BCUT2D eigenvalue weighted by atomic mass is 9.80. The molecule has 9 heteroatoms. The van der Waals surface area contributed by atoms with Gasteiger partial charge in [-0.15, -0.1) is 0 Å². The van der Waals surface area contributed by atoms with Gasteiger partial charge in [-0.3, -0.25) is 9.69 Å². The monoisotopic (exact) mass is 500 g/mol. The van der Waals surface area contributed by atoms with Gasteiger partial charge in [0.1, 0.15) is 11.6 Å². The zero-order chi connectivity index (χ0) is 25.2. The molecule has 2 heterocycles. The molecular formula is C26H34F2N4O2Si. The van der Waals surface area contributed by atoms with Crippen molar-refractivity contribution < 1.29 is 18.0 Å². The first-order chi connectivity index (χ1) is 16.4. The molecule has 1 aromatic carbocycles. The van der Waals surface area contributed by atoms with Crippen LogP contribution in [0.4, 0.5) is 26.1 Å². The molecule has 2 saturated carbocycles. The molecule has 2 fully saturated rings. The van der Waals surface area contributed by atoms with Gasteiger partial charge in [-0.05, 0) is 55.9 Å². The number of nitrogens with zero attached hydrogens (tertiary/aromatic N) is 3. The summed E-state index contributed by atoms with van der Waals surface area (Å²) in [7, 11) is -2.06. The van der Waals surface area contributed by atoms with Gasteiger partial charge in [-0.2, -0.15) is 0 Å². The Hall–Kier alpha value is -2.39. The van der Waals surface area contributed by atoms with Crippen LogP contribution in [-0.2, 0) is 21.2 Å². The molecule has 1 aliphatic heterocycles. The van der Waals surface area contributed by atoms with Crippen molar-refractivity contribution in [3.05, 3.63) is 41.2 Å². The van der Waals surface area contributed by atoms with E-state index in [-0.39, 0.29) is 23.2 Å². The molecule has 2 aliphatic carbocycles. The Morgan fingerprint density at radius 1 is 1.14 bits per heavy atom. The third-order valence-corrected chi connectivity index (χ3v) is 12.6. The fourth-order valence-electron chi connectivity index (χ4n) is 4.87. The molecule has 1 spiro atoms. The maximum absolute atomic E-state index is 14.2. The lowest BCUT2D eigenvalue weighted by molar-refractivity contribution is -0.122. The first kappa shape index (κ1) is 24.3. The minimum atomic E-state index is -2.06. The molecule has 3 aliphatic rings. The molecule has 1 aromatic heterocycles. The molecule has 0 atom stereocenters. The van der Waals surface area contributed by atoms with Crippen LogP contribution in [-0.4, -0.2) is 30.2 Å². The fraction of sp³-hybridized carbons (Fsp3) is 0.577. The van der Waals surface area contributed by atoms with Crippen LogP contribution in [0.25, 0.3) is 0 Å². The molecule has 1 amide bonds. The van der Waals surface area contributed by atoms with Crippen LogP contribution in [0, 0.1) is 11.6 Å². The number of hydrogen-bond acceptors (Lipinski definition) is 5. The second-order valence-corrected chi connectivity index (χ2v) is 16.5. The Morgan fingerprint density at radius 3 is 2.43 bits per heavy atom. The summed E-state index contributed by atoms with van der Waals surface area (Å²) in [6, 6.07) is 3.90. The Kier molecular flexibility index (Phi) is 5.79. The zero-order valence-corrected chi connectivity index (χ0v) is 22.2. The summed E-state index contributed by atoms with van der Waals surface area (Å²) in [6.07, 6.45) is 5.36. The number of aromatic nitrogens is 2. The fourth-order valence-corrected chi connectivity index (χ4v) is 5.79. The van der Waals surface area contributed by atoms with E-state index in [0.717, 1.165) is 43.4 Å². The normalized spacial score (nSPS) is 19.5. The van der Waals surface area contributed by atoms with Crippen molar-refractivity contribution in [2.75, 3.05) is 10.2 Å². The Morgan fingerprint density at radius 2 is 1.83 bits per heavy atom. The minimum Gasteiger partial charge on any atom is -0.409 e. The zero-order valence-electron chi connectivity index (χ0n) is 21.2. The lowest BCUT2D eigenvalue weighted by Crippen LogP contribution is -2.40. The number of fused-ring (bicyclic) bond motifs is 2. The van der Waals surface area contributed by atoms with Crippen LogP contribution in [0.5, 0.6) is 0 Å². The summed E-state index contributed by atoms with van der Waals surface area (Å²) in [5.74, 6) is -0.421. The number of carbonyl (C=O) groups is 1. The van der Waals surface area contributed by atoms with Crippen molar-refractivity contribution in [2.24, 2.45) is 0 Å². The highest BCUT2D eigenvalue weighted by molar-refractivity contribution is 6.74. The average molecular weight is 501 g/mol. The van der Waals surface area contributed by atoms with E-state index in [1.54, 1.807) is 0 Å². The van der Waals surface area contributed by atoms with Crippen molar-refractivity contribution in [2.45, 2.75) is 95.5 Å². The van der Waals surface area contributed by atoms with Gasteiger partial charge in [-0.1, -0.05) is 33.6 Å². The number of nitrogens with one attached hydrogen (secondary N) is 1. The minimum absolute atomic E-state index is 0.0281. The number of benzene rings is 1. The average Bonchev–Trinajstić information content (AvgIpc) is 3.39. The molecule has 0 bridgehead atoms. The predicted molar refractivity (Wildman–Crippen MR) is 134 cm³/mol. The molecule has 0 radical (unpaired) electrons. The van der Waals surface area contributed by atoms with Gasteiger partial charge < -0.3 is 9.74 Å². The predicted octanol–water partition coefficient (Wildman–Crippen LogP) is 6.34. The Bertz CT molecular complexity index is 1170. The van der Waals surface area contributed by atoms with E-state index in [9.17, 15) is 13.6 Å². The third-order valence-electron chi connectivity index (χ3n) is 8.14. The molecule has 188 valence electrons. The summed E-state index contributed by atoms with van der Waals surface area (Å²) in [4.78, 5) is 25.2. The van der Waals surface area contributed by atoms with Gasteiger partial charge >= 0.3 is 0 Å². The summed E-state index contributed by atoms with van der Waals surface area (Å²) >= 11 is 0. The van der Waals surface area contributed by atoms with Crippen LogP contribution < -0.4 is 10.2 Å². The maximum Gasteiger partial charge on any atom is 0.243 e. The van der Waals surface area contributed by atoms with Crippen molar-refractivity contribution in [1.29, 1.82) is 0 Å². The van der Waals surface area contributed by atoms with Gasteiger partial charge in [0, 0.05) is 12.1 Å². The Labute approximate surface area is 206 Å². The van der Waals surface area contributed by atoms with Crippen molar-refractivity contribution >= 4 is 31.5 Å². The number of anilines is 3. The third kappa shape index (κ3) is 4.16. The Balaban J connectivity index is 1.63. The molecule has 6 nitrogen and oxygen atoms in total. The van der Waals surface area contributed by atoms with Crippen LogP contribution in [0.3, 0.4) is 0 Å². The number of carbonyl (C=O) groups excluding carboxylic acids is 1. The highest BCUT2D eigenvalue weighted by Crippen LogP contribution is 2.55. The van der Waals surface area contributed by atoms with Gasteiger partial charge in [-0.25, -0.2) is 18.7 Å². The highest BCUT2D eigenvalue weighted by Gasteiger charge is 2.56. The van der Waals surface area contributed by atoms with Crippen LogP contribution in [0.15, 0.2) is 18.2 Å². The summed E-state index contributed by atoms with van der Waals surface area (Å²) in [5, 5.41) is 3.57. The first-order valence-electron chi connectivity index (χ1n) is 12.5. The van der Waals surface area contributed by atoms with Gasteiger partial charge in [0.25, 0.3) is 0 Å². The molecular weight excluding hydrogens is 466 g/mol. The topological polar surface area (TPSA) is 67.3 Å². The molecule has 0 unspecified atom stereocenters. The van der Waals surface area contributed by atoms with E-state index in [2.05, 4.69) is 39.2 Å². The van der Waals surface area contributed by atoms with E-state index in [0.29, 0.717) is 36.3 Å². The van der Waals surface area contributed by atoms with Gasteiger partial charge in [0.2, 0.25) is 5.91 Å². The van der Waals surface area contributed by atoms with Gasteiger partial charge in [0.05, 0.1) is 23.3 Å². The molecule has 0 saturated heterocycles. The van der Waals surface area contributed by atoms with E-state index in [1.165, 1.54) is 11.0 Å². The number of amides is 1. The van der Waals surface area contributed by atoms with Crippen LogP contribution >= 0.6 is 0 Å². The quantitative estimate of drug-likeness (QED) is 0.469. The second kappa shape index (κ2) is 8.33. The molecule has 5 rings (SSSR count). The van der Waals surface area contributed by atoms with Crippen LogP contribution in [0.2, 0.25) is 18.1 Å². The standard InChI is InChI=1S/C26H34F2N4O2Si/c1-25(2,3)35(4,5)34-15-20-30-22(29-16-8-9-16)21-23(31-20)32(17-10-11-18(27)19(28)14-17)24(33)26(21)12-6-7-13-26/h10-11,14,16H,6-9,12-13,15H2,1-5H3,(H,29,30,31). The number of halogens is 2. The van der Waals surface area contributed by atoms with Crippen molar-refractivity contribution in [3.8, 4) is 0 Å². The molecule has 1 N–H and O–H groups in total. The van der Waals surface area contributed by atoms with Crippen molar-refractivity contribution in [3.63, 3.8) is 0 Å². The molecule has 2 aromatic rings. The van der Waals surface area contributed by atoms with E-state index < -0.39 is 25.4 Å². The van der Waals surface area contributed by atoms with E-state index >= 15 is 0 Å². The summed E-state index contributed by atoms with van der Waals surface area (Å²) < 4.78 is 34.4. The molecule has 35 heavy (non-hydrogen) atoms. The summed E-state index contributed by atoms with van der Waals surface area (Å²) in [6.45, 7) is 11.1. The van der Waals surface area contributed by atoms with Crippen molar-refractivity contribution in [1.82, 2.24) is 9.97 Å². The number of hydrogen-bond donors (Lipinski definition) is 1. The first-order valence-corrected chi connectivity index (χ1v) is 15.5. The lowest BCUT2D eigenvalue weighted by Gasteiger charge is -2.36. The second-order valence-electron chi connectivity index (χ2n) is 11.7. The SMILES string of the molecule is CC(C)(C)[Si](C)(C)OCc1nc(NC2CC2)c2c(n1)N(c1ccc(F)c(F)c1)C(=O)C21CCCC1. The van der Waals surface area contributed by atoms with Crippen LogP contribution in [0.1, 0.15) is 70.7 Å². The largest absolute Gasteiger partial charge is 0.409 e. The van der Waals surface area contributed by atoms with Gasteiger partial charge in [0.15, 0.2) is 25.8 Å². The smallest absolute Gasteiger partial charge is 0.243 e. The highest BCUT2D eigenvalue weighted by atomic mass is 28.4. The maximum atomic E-state index is 14.2. The number of rotatable bonds is 6. The summed E-state index contributed by atoms with van der Waals surface area (Å²) in [5.41, 5.74) is 0.343. The van der Waals surface area contributed by atoms with E-state index in [4.69, 9.17) is 14.4 Å².